The first-order chi connectivity index (χ1) is 9.88. The second-order valence-electron chi connectivity index (χ2n) is 5.11. The molecule has 3 heterocycles. The number of rotatable bonds is 6. The molecule has 2 aromatic rings. The minimum absolute atomic E-state index is 0.874. The summed E-state index contributed by atoms with van der Waals surface area (Å²) < 4.78 is 2.14. The van der Waals surface area contributed by atoms with Crippen LogP contribution in [-0.4, -0.2) is 34.4 Å². The topological polar surface area (TPSA) is 46.0 Å². The first-order valence-electron chi connectivity index (χ1n) is 7.34. The molecule has 2 aromatic heterocycles. The lowest BCUT2D eigenvalue weighted by Crippen LogP contribution is -2.17. The van der Waals surface area contributed by atoms with Gasteiger partial charge in [-0.25, -0.2) is 0 Å². The lowest BCUT2D eigenvalue weighted by molar-refractivity contribution is 0.655. The Morgan fingerprint density at radius 3 is 2.85 bits per heavy atom. The number of anilines is 1. The van der Waals surface area contributed by atoms with Crippen molar-refractivity contribution < 1.29 is 0 Å². The van der Waals surface area contributed by atoms with E-state index in [2.05, 4.69) is 50.2 Å². The van der Waals surface area contributed by atoms with Crippen molar-refractivity contribution in [3.05, 3.63) is 24.0 Å². The number of hydrogen-bond donors (Lipinski definition) is 1. The van der Waals surface area contributed by atoms with Gasteiger partial charge in [-0.05, 0) is 37.9 Å². The van der Waals surface area contributed by atoms with E-state index in [0.29, 0.717) is 0 Å². The Kier molecular flexibility index (Phi) is 4.32. The predicted molar refractivity (Wildman–Crippen MR) is 82.7 cm³/mol. The molecule has 0 aromatic carbocycles. The highest BCUT2D eigenvalue weighted by Crippen LogP contribution is 2.27. The van der Waals surface area contributed by atoms with Gasteiger partial charge in [0.05, 0.1) is 0 Å². The molecule has 3 rings (SSSR count). The lowest BCUT2D eigenvalue weighted by Gasteiger charge is -2.11. The van der Waals surface area contributed by atoms with Gasteiger partial charge in [0.15, 0.2) is 0 Å². The molecule has 6 heteroatoms. The minimum atomic E-state index is 0.874. The molecule has 0 saturated carbocycles. The molecule has 1 aliphatic heterocycles. The number of nitrogens with one attached hydrogen (secondary N) is 1. The second kappa shape index (κ2) is 6.37. The third kappa shape index (κ3) is 2.86. The first-order valence-corrected chi connectivity index (χ1v) is 8.16. The van der Waals surface area contributed by atoms with Crippen LogP contribution in [0.5, 0.6) is 0 Å². The van der Waals surface area contributed by atoms with Crippen molar-refractivity contribution in [1.82, 2.24) is 20.1 Å². The summed E-state index contributed by atoms with van der Waals surface area (Å²) >= 11 is 1.68. The quantitative estimate of drug-likeness (QED) is 0.830. The van der Waals surface area contributed by atoms with Crippen LogP contribution in [0.4, 0.5) is 5.13 Å². The average molecular weight is 291 g/mol. The van der Waals surface area contributed by atoms with Crippen molar-refractivity contribution in [2.45, 2.75) is 32.7 Å². The van der Waals surface area contributed by atoms with E-state index in [-0.39, 0.29) is 0 Å². The van der Waals surface area contributed by atoms with Gasteiger partial charge in [0.25, 0.3) is 0 Å². The second-order valence-corrected chi connectivity index (χ2v) is 6.04. The summed E-state index contributed by atoms with van der Waals surface area (Å²) in [5.41, 5.74) is 1.24. The van der Waals surface area contributed by atoms with E-state index in [9.17, 15) is 0 Å². The lowest BCUT2D eigenvalue weighted by atomic mass is 10.4. The summed E-state index contributed by atoms with van der Waals surface area (Å²) in [6, 6.07) is 4.21. The van der Waals surface area contributed by atoms with E-state index in [1.165, 1.54) is 18.5 Å². The van der Waals surface area contributed by atoms with Crippen molar-refractivity contribution in [2.24, 2.45) is 0 Å². The van der Waals surface area contributed by atoms with Crippen LogP contribution in [-0.2, 0) is 6.54 Å². The molecule has 1 fully saturated rings. The Bertz CT molecular complexity index is 541. The molecular weight excluding hydrogens is 270 g/mol. The molecule has 5 nitrogen and oxygen atoms in total. The minimum Gasteiger partial charge on any atom is -0.347 e. The van der Waals surface area contributed by atoms with Gasteiger partial charge in [0.2, 0.25) is 10.3 Å². The molecule has 1 aliphatic rings. The summed E-state index contributed by atoms with van der Waals surface area (Å²) in [4.78, 5) is 2.33. The molecule has 0 atom stereocenters. The van der Waals surface area contributed by atoms with Crippen LogP contribution in [0.25, 0.3) is 5.13 Å². The van der Waals surface area contributed by atoms with Crippen LogP contribution >= 0.6 is 11.3 Å². The van der Waals surface area contributed by atoms with Gasteiger partial charge in [0, 0.05) is 31.5 Å². The Labute approximate surface area is 123 Å². The fraction of sp³-hybridized carbons (Fsp3) is 0.571. The highest BCUT2D eigenvalue weighted by molar-refractivity contribution is 7.17. The largest absolute Gasteiger partial charge is 0.347 e. The average Bonchev–Trinajstić information content (AvgIpc) is 3.19. The summed E-state index contributed by atoms with van der Waals surface area (Å²) in [7, 11) is 0. The van der Waals surface area contributed by atoms with Crippen LogP contribution in [0, 0.1) is 0 Å². The maximum atomic E-state index is 4.35. The maximum Gasteiger partial charge on any atom is 0.218 e. The fourth-order valence-electron chi connectivity index (χ4n) is 2.48. The molecule has 0 spiro atoms. The fourth-order valence-corrected chi connectivity index (χ4v) is 3.40. The zero-order valence-electron chi connectivity index (χ0n) is 11.9. The summed E-state index contributed by atoms with van der Waals surface area (Å²) in [5, 5.41) is 14.2. The molecule has 0 unspecified atom stereocenters. The van der Waals surface area contributed by atoms with Crippen molar-refractivity contribution >= 4 is 16.5 Å². The van der Waals surface area contributed by atoms with E-state index < -0.39 is 0 Å². The van der Waals surface area contributed by atoms with Crippen molar-refractivity contribution in [2.75, 3.05) is 24.5 Å². The van der Waals surface area contributed by atoms with Gasteiger partial charge in [-0.2, -0.15) is 0 Å². The normalized spacial score (nSPS) is 15.2. The predicted octanol–water partition coefficient (Wildman–Crippen LogP) is 2.43. The van der Waals surface area contributed by atoms with Gasteiger partial charge in [-0.15, -0.1) is 10.2 Å². The van der Waals surface area contributed by atoms with Gasteiger partial charge < -0.3 is 10.2 Å². The van der Waals surface area contributed by atoms with E-state index in [1.807, 2.05) is 0 Å². The van der Waals surface area contributed by atoms with Crippen molar-refractivity contribution in [3.8, 4) is 5.13 Å². The van der Waals surface area contributed by atoms with E-state index >= 15 is 0 Å². The number of hydrogen-bond acceptors (Lipinski definition) is 5. The Morgan fingerprint density at radius 2 is 2.05 bits per heavy atom. The maximum absolute atomic E-state index is 4.35. The molecule has 1 saturated heterocycles. The standard InChI is InChI=1S/C14H21N5S/c1-2-7-15-11-12-6-5-10-19(12)14-17-16-13(20-14)18-8-3-4-9-18/h5-6,10,15H,2-4,7-9,11H2,1H3. The molecule has 0 radical (unpaired) electrons. The smallest absolute Gasteiger partial charge is 0.218 e. The first kappa shape index (κ1) is 13.6. The van der Waals surface area contributed by atoms with Crippen LogP contribution in [0.2, 0.25) is 0 Å². The van der Waals surface area contributed by atoms with Gasteiger partial charge in [0.1, 0.15) is 0 Å². The molecular formula is C14H21N5S. The third-order valence-electron chi connectivity index (χ3n) is 3.55. The summed E-state index contributed by atoms with van der Waals surface area (Å²) in [6.07, 6.45) is 5.76. The van der Waals surface area contributed by atoms with Crippen LogP contribution in [0.3, 0.4) is 0 Å². The van der Waals surface area contributed by atoms with E-state index in [1.54, 1.807) is 11.3 Å². The highest BCUT2D eigenvalue weighted by atomic mass is 32.1. The number of nitrogens with zero attached hydrogens (tertiary/aromatic N) is 4. The highest BCUT2D eigenvalue weighted by Gasteiger charge is 2.17. The molecule has 0 aliphatic carbocycles. The van der Waals surface area contributed by atoms with Crippen molar-refractivity contribution in [3.63, 3.8) is 0 Å². The summed E-state index contributed by atoms with van der Waals surface area (Å²) in [6.45, 7) is 6.33. The zero-order chi connectivity index (χ0) is 13.8. The third-order valence-corrected chi connectivity index (χ3v) is 4.54. The molecule has 108 valence electrons. The number of aromatic nitrogens is 3. The van der Waals surface area contributed by atoms with Crippen LogP contribution in [0.15, 0.2) is 18.3 Å². The van der Waals surface area contributed by atoms with Crippen LogP contribution < -0.4 is 10.2 Å². The molecule has 1 N–H and O–H groups in total. The molecule has 20 heavy (non-hydrogen) atoms. The van der Waals surface area contributed by atoms with Gasteiger partial charge in [-0.1, -0.05) is 18.3 Å². The van der Waals surface area contributed by atoms with Crippen LogP contribution in [0.1, 0.15) is 31.9 Å². The van der Waals surface area contributed by atoms with Gasteiger partial charge in [-0.3, -0.25) is 4.57 Å². The SMILES string of the molecule is CCCNCc1cccn1-c1nnc(N2CCCC2)s1. The Hall–Kier alpha value is -1.40. The van der Waals surface area contributed by atoms with E-state index in [4.69, 9.17) is 0 Å². The molecule has 0 bridgehead atoms. The summed E-state index contributed by atoms with van der Waals surface area (Å²) in [5.74, 6) is 0. The van der Waals surface area contributed by atoms with Crippen molar-refractivity contribution in [1.29, 1.82) is 0 Å². The monoisotopic (exact) mass is 291 g/mol. The Balaban J connectivity index is 1.74. The van der Waals surface area contributed by atoms with Gasteiger partial charge >= 0.3 is 0 Å². The molecule has 0 amide bonds. The Morgan fingerprint density at radius 1 is 1.25 bits per heavy atom. The zero-order valence-corrected chi connectivity index (χ0v) is 12.7. The van der Waals surface area contributed by atoms with E-state index in [0.717, 1.165) is 42.9 Å².